The first kappa shape index (κ1) is 13.9. The van der Waals surface area contributed by atoms with Crippen molar-refractivity contribution in [2.24, 2.45) is 16.6 Å². The van der Waals surface area contributed by atoms with Crippen LogP contribution in [0.25, 0.3) is 0 Å². The highest BCUT2D eigenvalue weighted by atomic mass is 79.9. The zero-order valence-corrected chi connectivity index (χ0v) is 13.6. The van der Waals surface area contributed by atoms with Crippen molar-refractivity contribution in [2.75, 3.05) is 11.4 Å². The molecule has 1 spiro atoms. The van der Waals surface area contributed by atoms with E-state index < -0.39 is 0 Å². The van der Waals surface area contributed by atoms with Crippen molar-refractivity contribution in [3.05, 3.63) is 28.7 Å². The van der Waals surface area contributed by atoms with E-state index in [1.807, 2.05) is 0 Å². The van der Waals surface area contributed by atoms with E-state index in [0.29, 0.717) is 5.96 Å². The second-order valence-corrected chi connectivity index (χ2v) is 7.16. The lowest BCUT2D eigenvalue weighted by Crippen LogP contribution is -2.51. The molecule has 108 valence electrons. The molecule has 2 N–H and O–H groups in total. The largest absolute Gasteiger partial charge is 0.369 e. The number of aliphatic imine (C=N–C) groups is 1. The predicted molar refractivity (Wildman–Crippen MR) is 88.1 cm³/mol. The van der Waals surface area contributed by atoms with Gasteiger partial charge in [-0.05, 0) is 49.4 Å². The van der Waals surface area contributed by atoms with Crippen LogP contribution in [0, 0.1) is 5.92 Å². The van der Waals surface area contributed by atoms with Gasteiger partial charge in [-0.3, -0.25) is 4.99 Å². The fourth-order valence-corrected chi connectivity index (χ4v) is 3.82. The Bertz CT molecular complexity index is 511. The molecule has 0 amide bonds. The van der Waals surface area contributed by atoms with E-state index >= 15 is 0 Å². The molecular formula is C16H22BrN3. The van der Waals surface area contributed by atoms with Gasteiger partial charge in [0.15, 0.2) is 5.96 Å². The highest BCUT2D eigenvalue weighted by molar-refractivity contribution is 9.10. The van der Waals surface area contributed by atoms with Crippen LogP contribution in [-0.2, 0) is 0 Å². The summed E-state index contributed by atoms with van der Waals surface area (Å²) in [6.45, 7) is 3.21. The van der Waals surface area contributed by atoms with Crippen molar-refractivity contribution in [3.63, 3.8) is 0 Å². The third-order valence-electron chi connectivity index (χ3n) is 4.77. The van der Waals surface area contributed by atoms with Crippen LogP contribution in [0.5, 0.6) is 0 Å². The maximum Gasteiger partial charge on any atom is 0.196 e. The van der Waals surface area contributed by atoms with Gasteiger partial charge in [-0.15, -0.1) is 0 Å². The quantitative estimate of drug-likeness (QED) is 0.844. The van der Waals surface area contributed by atoms with Crippen LogP contribution in [0.15, 0.2) is 33.7 Å². The molecular weight excluding hydrogens is 314 g/mol. The number of nitrogens with zero attached hydrogens (tertiary/aromatic N) is 2. The summed E-state index contributed by atoms with van der Waals surface area (Å²) >= 11 is 3.50. The Morgan fingerprint density at radius 3 is 2.75 bits per heavy atom. The van der Waals surface area contributed by atoms with Crippen molar-refractivity contribution in [3.8, 4) is 0 Å². The van der Waals surface area contributed by atoms with Crippen LogP contribution in [0.3, 0.4) is 0 Å². The first-order valence-corrected chi connectivity index (χ1v) is 8.26. The van der Waals surface area contributed by atoms with Gasteiger partial charge in [-0.1, -0.05) is 35.7 Å². The van der Waals surface area contributed by atoms with Gasteiger partial charge in [0.25, 0.3) is 0 Å². The van der Waals surface area contributed by atoms with Gasteiger partial charge in [0, 0.05) is 10.2 Å². The van der Waals surface area contributed by atoms with Crippen LogP contribution < -0.4 is 10.6 Å². The molecule has 1 saturated carbocycles. The fourth-order valence-electron chi connectivity index (χ4n) is 3.55. The molecule has 3 nitrogen and oxygen atoms in total. The Hall–Kier alpha value is -1.03. The SMILES string of the molecule is CC1CCCC2(CC1)CN=C(N)N2c1ccc(Br)cc1. The van der Waals surface area contributed by atoms with Crippen LogP contribution in [0.4, 0.5) is 5.69 Å². The van der Waals surface area contributed by atoms with Crippen LogP contribution in [0.1, 0.15) is 39.0 Å². The van der Waals surface area contributed by atoms with Crippen molar-refractivity contribution < 1.29 is 0 Å². The maximum atomic E-state index is 6.20. The minimum atomic E-state index is 0.114. The van der Waals surface area contributed by atoms with E-state index in [-0.39, 0.29) is 5.54 Å². The molecule has 1 aliphatic heterocycles. The monoisotopic (exact) mass is 335 g/mol. The summed E-state index contributed by atoms with van der Waals surface area (Å²) < 4.78 is 1.10. The van der Waals surface area contributed by atoms with Gasteiger partial charge in [0.1, 0.15) is 0 Å². The van der Waals surface area contributed by atoms with Crippen molar-refractivity contribution in [1.29, 1.82) is 0 Å². The number of anilines is 1. The van der Waals surface area contributed by atoms with Crippen molar-refractivity contribution in [2.45, 2.75) is 44.6 Å². The third-order valence-corrected chi connectivity index (χ3v) is 5.29. The van der Waals surface area contributed by atoms with E-state index in [9.17, 15) is 0 Å². The highest BCUT2D eigenvalue weighted by Crippen LogP contribution is 2.40. The molecule has 0 saturated heterocycles. The zero-order chi connectivity index (χ0) is 14.2. The Labute approximate surface area is 129 Å². The number of hydrogen-bond acceptors (Lipinski definition) is 3. The van der Waals surface area contributed by atoms with Gasteiger partial charge in [-0.25, -0.2) is 0 Å². The molecule has 0 radical (unpaired) electrons. The van der Waals surface area contributed by atoms with Gasteiger partial charge in [0.05, 0.1) is 12.1 Å². The van der Waals surface area contributed by atoms with Crippen molar-refractivity contribution in [1.82, 2.24) is 0 Å². The molecule has 2 unspecified atom stereocenters. The van der Waals surface area contributed by atoms with Gasteiger partial charge >= 0.3 is 0 Å². The molecule has 3 rings (SSSR count). The topological polar surface area (TPSA) is 41.6 Å². The van der Waals surface area contributed by atoms with E-state index in [1.54, 1.807) is 0 Å². The minimum Gasteiger partial charge on any atom is -0.369 e. The lowest BCUT2D eigenvalue weighted by Gasteiger charge is -2.39. The Balaban J connectivity index is 1.93. The molecule has 1 aromatic carbocycles. The molecule has 4 heteroatoms. The molecule has 1 aromatic rings. The summed E-state index contributed by atoms with van der Waals surface area (Å²) in [7, 11) is 0. The average molecular weight is 336 g/mol. The van der Waals surface area contributed by atoms with Crippen molar-refractivity contribution >= 4 is 27.6 Å². The molecule has 1 heterocycles. The average Bonchev–Trinajstić information content (AvgIpc) is 2.63. The van der Waals surface area contributed by atoms with Crippen LogP contribution in [-0.4, -0.2) is 18.0 Å². The molecule has 20 heavy (non-hydrogen) atoms. The Morgan fingerprint density at radius 1 is 1.25 bits per heavy atom. The van der Waals surface area contributed by atoms with Gasteiger partial charge in [0.2, 0.25) is 0 Å². The van der Waals surface area contributed by atoms with E-state index in [1.165, 1.54) is 37.8 Å². The first-order chi connectivity index (χ1) is 9.61. The molecule has 2 atom stereocenters. The standard InChI is InChI=1S/C16H22BrN3/c1-12-3-2-9-16(10-8-12)11-19-15(18)20(16)14-6-4-13(17)5-7-14/h4-7,12H,2-3,8-11H2,1H3,(H2,18,19). The van der Waals surface area contributed by atoms with E-state index in [0.717, 1.165) is 16.9 Å². The molecule has 2 aliphatic rings. The van der Waals surface area contributed by atoms with E-state index in [4.69, 9.17) is 5.73 Å². The number of guanidine groups is 1. The summed E-state index contributed by atoms with van der Waals surface area (Å²) in [6.07, 6.45) is 6.26. The van der Waals surface area contributed by atoms with Crippen LogP contribution >= 0.6 is 15.9 Å². The minimum absolute atomic E-state index is 0.114. The summed E-state index contributed by atoms with van der Waals surface area (Å²) in [4.78, 5) is 6.86. The number of hydrogen-bond donors (Lipinski definition) is 1. The van der Waals surface area contributed by atoms with Gasteiger partial charge in [-0.2, -0.15) is 0 Å². The smallest absolute Gasteiger partial charge is 0.196 e. The summed E-state index contributed by atoms with van der Waals surface area (Å²) in [5.74, 6) is 1.50. The number of halogens is 1. The van der Waals surface area contributed by atoms with Gasteiger partial charge < -0.3 is 10.6 Å². The number of rotatable bonds is 1. The Morgan fingerprint density at radius 2 is 2.00 bits per heavy atom. The summed E-state index contributed by atoms with van der Waals surface area (Å²) in [6, 6.07) is 8.42. The summed E-state index contributed by atoms with van der Waals surface area (Å²) in [5.41, 5.74) is 7.49. The number of benzene rings is 1. The third kappa shape index (κ3) is 2.46. The number of nitrogens with two attached hydrogens (primary N) is 1. The second-order valence-electron chi connectivity index (χ2n) is 6.25. The van der Waals surface area contributed by atoms with Crippen LogP contribution in [0.2, 0.25) is 0 Å². The fraction of sp³-hybridized carbons (Fsp3) is 0.562. The maximum absolute atomic E-state index is 6.20. The first-order valence-electron chi connectivity index (χ1n) is 7.46. The molecule has 1 fully saturated rings. The molecule has 1 aliphatic carbocycles. The highest BCUT2D eigenvalue weighted by Gasteiger charge is 2.43. The lowest BCUT2D eigenvalue weighted by atomic mass is 9.88. The molecule has 0 bridgehead atoms. The zero-order valence-electron chi connectivity index (χ0n) is 12.0. The second kappa shape index (κ2) is 5.40. The summed E-state index contributed by atoms with van der Waals surface area (Å²) in [5, 5.41) is 0. The normalized spacial score (nSPS) is 30.4. The Kier molecular flexibility index (Phi) is 3.76. The van der Waals surface area contributed by atoms with E-state index in [2.05, 4.69) is 57.0 Å². The molecule has 0 aromatic heterocycles. The predicted octanol–water partition coefficient (Wildman–Crippen LogP) is 3.92. The lowest BCUT2D eigenvalue weighted by molar-refractivity contribution is 0.392.